The molecule has 1 N–H and O–H groups in total. The molecule has 0 aromatic heterocycles. The summed E-state index contributed by atoms with van der Waals surface area (Å²) < 4.78 is 5.11. The lowest BCUT2D eigenvalue weighted by molar-refractivity contribution is 0.414. The van der Waals surface area contributed by atoms with Crippen LogP contribution in [0, 0.1) is 0 Å². The second kappa shape index (κ2) is 4.71. The number of rotatable bonds is 3. The molecule has 0 saturated carbocycles. The third kappa shape index (κ3) is 2.42. The summed E-state index contributed by atoms with van der Waals surface area (Å²) in [6.45, 7) is 1.16. The fourth-order valence-electron chi connectivity index (χ4n) is 1.57. The van der Waals surface area contributed by atoms with E-state index in [-0.39, 0.29) is 0 Å². The highest BCUT2D eigenvalue weighted by molar-refractivity contribution is 7.99. The van der Waals surface area contributed by atoms with Gasteiger partial charge in [-0.15, -0.1) is 11.8 Å². The molecule has 0 radical (unpaired) electrons. The van der Waals surface area contributed by atoms with Gasteiger partial charge < -0.3 is 10.1 Å². The fraction of sp³-hybridized carbons (Fsp3) is 0.455. The van der Waals surface area contributed by atoms with Crippen LogP contribution in [0.2, 0.25) is 0 Å². The molecular weight excluding hydrogens is 194 g/mol. The van der Waals surface area contributed by atoms with E-state index in [1.807, 2.05) is 23.9 Å². The van der Waals surface area contributed by atoms with E-state index in [1.54, 1.807) is 7.11 Å². The van der Waals surface area contributed by atoms with Crippen LogP contribution in [0.15, 0.2) is 29.2 Å². The van der Waals surface area contributed by atoms with Gasteiger partial charge in [0.05, 0.1) is 12.5 Å². The van der Waals surface area contributed by atoms with Crippen molar-refractivity contribution in [2.45, 2.75) is 23.1 Å². The molecule has 1 saturated heterocycles. The normalized spacial score (nSPS) is 21.1. The van der Waals surface area contributed by atoms with E-state index in [4.69, 9.17) is 4.74 Å². The Morgan fingerprint density at radius 3 is 2.71 bits per heavy atom. The lowest BCUT2D eigenvalue weighted by atomic mass is 10.3. The third-order valence-electron chi connectivity index (χ3n) is 2.35. The summed E-state index contributed by atoms with van der Waals surface area (Å²) in [7, 11) is 1.70. The van der Waals surface area contributed by atoms with Crippen molar-refractivity contribution in [3.63, 3.8) is 0 Å². The Kier molecular flexibility index (Phi) is 3.32. The number of methoxy groups -OCH3 is 1. The second-order valence-corrected chi connectivity index (χ2v) is 4.65. The molecule has 2 rings (SSSR count). The van der Waals surface area contributed by atoms with Gasteiger partial charge in [0, 0.05) is 4.90 Å². The first-order chi connectivity index (χ1) is 6.88. The number of thioether (sulfide) groups is 1. The minimum atomic E-state index is 0.600. The number of hydrogen-bond acceptors (Lipinski definition) is 3. The highest BCUT2D eigenvalue weighted by Crippen LogP contribution is 2.28. The number of benzene rings is 1. The maximum Gasteiger partial charge on any atom is 0.118 e. The monoisotopic (exact) mass is 209 g/mol. The Hall–Kier alpha value is -0.670. The van der Waals surface area contributed by atoms with Crippen LogP contribution in [0.3, 0.4) is 0 Å². The number of ether oxygens (including phenoxy) is 1. The first-order valence-electron chi connectivity index (χ1n) is 4.92. The lowest BCUT2D eigenvalue weighted by Crippen LogP contribution is -2.16. The van der Waals surface area contributed by atoms with Gasteiger partial charge in [0.25, 0.3) is 0 Å². The largest absolute Gasteiger partial charge is 0.497 e. The second-order valence-electron chi connectivity index (χ2n) is 3.38. The molecule has 1 unspecified atom stereocenters. The van der Waals surface area contributed by atoms with Gasteiger partial charge in [0.1, 0.15) is 5.75 Å². The fourth-order valence-corrected chi connectivity index (χ4v) is 2.68. The molecule has 76 valence electrons. The lowest BCUT2D eigenvalue weighted by Gasteiger charge is -2.09. The average Bonchev–Trinajstić information content (AvgIpc) is 2.72. The van der Waals surface area contributed by atoms with Crippen LogP contribution in [0.25, 0.3) is 0 Å². The van der Waals surface area contributed by atoms with Gasteiger partial charge in [-0.05, 0) is 43.7 Å². The Morgan fingerprint density at radius 2 is 2.14 bits per heavy atom. The van der Waals surface area contributed by atoms with Crippen LogP contribution in [-0.4, -0.2) is 19.0 Å². The van der Waals surface area contributed by atoms with Gasteiger partial charge in [0.2, 0.25) is 0 Å². The van der Waals surface area contributed by atoms with Crippen molar-refractivity contribution in [1.29, 1.82) is 0 Å². The Bertz CT molecular complexity index is 280. The molecule has 1 heterocycles. The van der Waals surface area contributed by atoms with Crippen molar-refractivity contribution in [2.75, 3.05) is 13.7 Å². The van der Waals surface area contributed by atoms with E-state index < -0.39 is 0 Å². The van der Waals surface area contributed by atoms with Crippen LogP contribution in [0.1, 0.15) is 12.8 Å². The van der Waals surface area contributed by atoms with Gasteiger partial charge in [-0.3, -0.25) is 0 Å². The first-order valence-corrected chi connectivity index (χ1v) is 5.80. The average molecular weight is 209 g/mol. The Labute approximate surface area is 89.0 Å². The summed E-state index contributed by atoms with van der Waals surface area (Å²) in [6, 6.07) is 8.25. The molecule has 1 aliphatic heterocycles. The number of nitrogens with one attached hydrogen (secondary N) is 1. The highest BCUT2D eigenvalue weighted by Gasteiger charge is 2.14. The van der Waals surface area contributed by atoms with Crippen molar-refractivity contribution >= 4 is 11.8 Å². The van der Waals surface area contributed by atoms with Gasteiger partial charge in [-0.25, -0.2) is 0 Å². The zero-order valence-corrected chi connectivity index (χ0v) is 9.14. The van der Waals surface area contributed by atoms with Gasteiger partial charge in [0.15, 0.2) is 0 Å². The molecule has 14 heavy (non-hydrogen) atoms. The SMILES string of the molecule is COc1ccc(SC2CCCN2)cc1. The highest BCUT2D eigenvalue weighted by atomic mass is 32.2. The summed E-state index contributed by atoms with van der Waals surface area (Å²) in [5.74, 6) is 0.925. The Balaban J connectivity index is 1.95. The van der Waals surface area contributed by atoms with E-state index in [9.17, 15) is 0 Å². The predicted octanol–water partition coefficient (Wildman–Crippen LogP) is 2.50. The first kappa shape index (κ1) is 9.87. The third-order valence-corrected chi connectivity index (χ3v) is 3.58. The summed E-state index contributed by atoms with van der Waals surface area (Å²) in [4.78, 5) is 1.31. The van der Waals surface area contributed by atoms with Gasteiger partial charge >= 0.3 is 0 Å². The van der Waals surface area contributed by atoms with Crippen LogP contribution >= 0.6 is 11.8 Å². The van der Waals surface area contributed by atoms with Crippen molar-refractivity contribution in [2.24, 2.45) is 0 Å². The topological polar surface area (TPSA) is 21.3 Å². The van der Waals surface area contributed by atoms with Crippen molar-refractivity contribution in [3.8, 4) is 5.75 Å². The van der Waals surface area contributed by atoms with Crippen molar-refractivity contribution in [1.82, 2.24) is 5.32 Å². The smallest absolute Gasteiger partial charge is 0.118 e. The summed E-state index contributed by atoms with van der Waals surface area (Å²) in [5, 5.41) is 4.07. The molecule has 0 aliphatic carbocycles. The van der Waals surface area contributed by atoms with Crippen molar-refractivity contribution in [3.05, 3.63) is 24.3 Å². The van der Waals surface area contributed by atoms with E-state index in [1.165, 1.54) is 17.7 Å². The Morgan fingerprint density at radius 1 is 1.36 bits per heavy atom. The van der Waals surface area contributed by atoms with Gasteiger partial charge in [-0.1, -0.05) is 0 Å². The molecule has 2 nitrogen and oxygen atoms in total. The van der Waals surface area contributed by atoms with Crippen LogP contribution < -0.4 is 10.1 Å². The zero-order valence-electron chi connectivity index (χ0n) is 8.32. The summed E-state index contributed by atoms with van der Waals surface area (Å²) in [5.41, 5.74) is 0. The van der Waals surface area contributed by atoms with E-state index in [0.29, 0.717) is 5.37 Å². The molecule has 1 aliphatic rings. The van der Waals surface area contributed by atoms with E-state index in [2.05, 4.69) is 17.4 Å². The van der Waals surface area contributed by atoms with Crippen LogP contribution in [0.5, 0.6) is 5.75 Å². The predicted molar refractivity (Wildman–Crippen MR) is 59.9 cm³/mol. The minimum absolute atomic E-state index is 0.600. The van der Waals surface area contributed by atoms with E-state index in [0.717, 1.165) is 12.3 Å². The van der Waals surface area contributed by atoms with Crippen LogP contribution in [-0.2, 0) is 0 Å². The molecule has 0 bridgehead atoms. The standard InChI is InChI=1S/C11H15NOS/c1-13-9-4-6-10(7-5-9)14-11-3-2-8-12-11/h4-7,11-12H,2-3,8H2,1H3. The molecule has 0 spiro atoms. The molecular formula is C11H15NOS. The molecule has 1 fully saturated rings. The summed E-state index contributed by atoms with van der Waals surface area (Å²) >= 11 is 1.90. The van der Waals surface area contributed by atoms with Crippen molar-refractivity contribution < 1.29 is 4.74 Å². The molecule has 1 aromatic rings. The number of hydrogen-bond donors (Lipinski definition) is 1. The zero-order chi connectivity index (χ0) is 9.80. The van der Waals surface area contributed by atoms with Gasteiger partial charge in [-0.2, -0.15) is 0 Å². The molecule has 0 amide bonds. The summed E-state index contributed by atoms with van der Waals surface area (Å²) in [6.07, 6.45) is 2.57. The minimum Gasteiger partial charge on any atom is -0.497 e. The molecule has 1 atom stereocenters. The van der Waals surface area contributed by atoms with Crippen LogP contribution in [0.4, 0.5) is 0 Å². The molecule has 3 heteroatoms. The maximum atomic E-state index is 5.11. The quantitative estimate of drug-likeness (QED) is 0.826. The van der Waals surface area contributed by atoms with E-state index >= 15 is 0 Å². The molecule has 1 aromatic carbocycles. The maximum absolute atomic E-state index is 5.11.